The summed E-state index contributed by atoms with van der Waals surface area (Å²) in [4.78, 5) is 15.5. The monoisotopic (exact) mass is 246 g/mol. The first-order valence-electron chi connectivity index (χ1n) is 6.59. The second-order valence-corrected chi connectivity index (χ2v) is 5.27. The Bertz CT molecular complexity index is 441. The first-order valence-corrected chi connectivity index (χ1v) is 6.59. The third-order valence-electron chi connectivity index (χ3n) is 3.75. The van der Waals surface area contributed by atoms with Crippen molar-refractivity contribution in [3.05, 3.63) is 24.0 Å². The molecule has 2 saturated carbocycles. The molecule has 0 aromatic carbocycles. The molecule has 1 aromatic heterocycles. The van der Waals surface area contributed by atoms with Crippen LogP contribution in [0, 0.1) is 11.8 Å². The Morgan fingerprint density at radius 2 is 2.06 bits per heavy atom. The second-order valence-electron chi connectivity index (χ2n) is 5.27. The van der Waals surface area contributed by atoms with Crippen LogP contribution >= 0.6 is 0 Å². The van der Waals surface area contributed by atoms with Gasteiger partial charge in [0.25, 0.3) is 0 Å². The van der Waals surface area contributed by atoms with Gasteiger partial charge in [0.1, 0.15) is 5.69 Å². The zero-order valence-electron chi connectivity index (χ0n) is 10.6. The van der Waals surface area contributed by atoms with E-state index >= 15 is 0 Å². The van der Waals surface area contributed by atoms with Crippen molar-refractivity contribution in [1.29, 1.82) is 0 Å². The highest BCUT2D eigenvalue weighted by Gasteiger charge is 2.41. The molecule has 2 fully saturated rings. The third kappa shape index (κ3) is 2.47. The minimum absolute atomic E-state index is 0.368. The molecule has 1 aromatic rings. The number of methoxy groups -OCH3 is 1. The fourth-order valence-corrected chi connectivity index (χ4v) is 2.46. The Morgan fingerprint density at radius 1 is 1.39 bits per heavy atom. The number of hydrogen-bond donors (Lipinski definition) is 1. The van der Waals surface area contributed by atoms with Crippen LogP contribution in [0.15, 0.2) is 18.3 Å². The number of carbonyl (C=O) groups is 1. The molecule has 3 rings (SSSR count). The van der Waals surface area contributed by atoms with Crippen LogP contribution in [0.3, 0.4) is 0 Å². The molecule has 0 radical (unpaired) electrons. The van der Waals surface area contributed by atoms with Crippen molar-refractivity contribution in [2.75, 3.05) is 12.4 Å². The molecule has 0 amide bonds. The van der Waals surface area contributed by atoms with Crippen LogP contribution in [0.25, 0.3) is 0 Å². The number of aromatic nitrogens is 1. The van der Waals surface area contributed by atoms with Gasteiger partial charge in [-0.3, -0.25) is 0 Å². The van der Waals surface area contributed by atoms with E-state index in [0.717, 1.165) is 17.5 Å². The zero-order chi connectivity index (χ0) is 12.5. The lowest BCUT2D eigenvalue weighted by atomic mass is 10.1. The van der Waals surface area contributed by atoms with Crippen molar-refractivity contribution in [2.24, 2.45) is 11.8 Å². The summed E-state index contributed by atoms with van der Waals surface area (Å²) in [5, 5.41) is 3.57. The number of hydrogen-bond acceptors (Lipinski definition) is 4. The van der Waals surface area contributed by atoms with Crippen molar-refractivity contribution in [1.82, 2.24) is 4.98 Å². The van der Waals surface area contributed by atoms with Crippen LogP contribution in [0.2, 0.25) is 0 Å². The molecule has 2 aliphatic carbocycles. The van der Waals surface area contributed by atoms with Crippen LogP contribution in [0.1, 0.15) is 36.2 Å². The van der Waals surface area contributed by atoms with Crippen molar-refractivity contribution in [2.45, 2.75) is 31.7 Å². The quantitative estimate of drug-likeness (QED) is 0.811. The Hall–Kier alpha value is -1.58. The van der Waals surface area contributed by atoms with Gasteiger partial charge in [0.15, 0.2) is 0 Å². The Balaban J connectivity index is 1.72. The largest absolute Gasteiger partial charge is 0.464 e. The average molecular weight is 246 g/mol. The molecule has 0 unspecified atom stereocenters. The average Bonchev–Trinajstić information content (AvgIpc) is 3.28. The number of anilines is 1. The van der Waals surface area contributed by atoms with E-state index < -0.39 is 0 Å². The van der Waals surface area contributed by atoms with Gasteiger partial charge in [0, 0.05) is 17.9 Å². The SMILES string of the molecule is COC(=O)c1cc(NC(C2CC2)C2CC2)ccn1. The van der Waals surface area contributed by atoms with E-state index in [1.807, 2.05) is 6.07 Å². The van der Waals surface area contributed by atoms with Crippen molar-refractivity contribution in [3.8, 4) is 0 Å². The number of nitrogens with zero attached hydrogens (tertiary/aromatic N) is 1. The molecule has 0 bridgehead atoms. The Morgan fingerprint density at radius 3 is 2.61 bits per heavy atom. The van der Waals surface area contributed by atoms with Crippen LogP contribution in [0.4, 0.5) is 5.69 Å². The molecule has 1 N–H and O–H groups in total. The normalized spacial score (nSPS) is 18.8. The second kappa shape index (κ2) is 4.59. The van der Waals surface area contributed by atoms with Crippen LogP contribution in [-0.2, 0) is 4.74 Å². The number of ether oxygens (including phenoxy) is 1. The van der Waals surface area contributed by atoms with E-state index in [1.54, 1.807) is 12.3 Å². The predicted octanol–water partition coefficient (Wildman–Crippen LogP) is 2.47. The predicted molar refractivity (Wildman–Crippen MR) is 68.4 cm³/mol. The van der Waals surface area contributed by atoms with E-state index in [4.69, 9.17) is 0 Å². The summed E-state index contributed by atoms with van der Waals surface area (Å²) in [7, 11) is 1.38. The van der Waals surface area contributed by atoms with Crippen LogP contribution < -0.4 is 5.32 Å². The summed E-state index contributed by atoms with van der Waals surface area (Å²) in [6.07, 6.45) is 7.00. The highest BCUT2D eigenvalue weighted by atomic mass is 16.5. The van der Waals surface area contributed by atoms with Crippen LogP contribution in [0.5, 0.6) is 0 Å². The number of esters is 1. The van der Waals surface area contributed by atoms with Gasteiger partial charge >= 0.3 is 5.97 Å². The first kappa shape index (κ1) is 11.5. The fraction of sp³-hybridized carbons (Fsp3) is 0.571. The summed E-state index contributed by atoms with van der Waals surface area (Å²) in [5.74, 6) is 1.27. The number of nitrogens with one attached hydrogen (secondary N) is 1. The van der Waals surface area contributed by atoms with Crippen molar-refractivity contribution in [3.63, 3.8) is 0 Å². The zero-order valence-corrected chi connectivity index (χ0v) is 10.6. The molecule has 1 heterocycles. The maximum Gasteiger partial charge on any atom is 0.356 e. The molecule has 96 valence electrons. The molecular formula is C14H18N2O2. The minimum Gasteiger partial charge on any atom is -0.464 e. The summed E-state index contributed by atoms with van der Waals surface area (Å²) < 4.78 is 4.69. The standard InChI is InChI=1S/C14H18N2O2/c1-18-14(17)12-8-11(6-7-15-12)16-13(9-2-3-9)10-4-5-10/h6-10,13H,2-5H2,1H3,(H,15,16). The smallest absolute Gasteiger partial charge is 0.356 e. The molecule has 0 aliphatic heterocycles. The molecular weight excluding hydrogens is 228 g/mol. The van der Waals surface area contributed by atoms with Crippen molar-refractivity contribution < 1.29 is 9.53 Å². The lowest BCUT2D eigenvalue weighted by molar-refractivity contribution is 0.0594. The van der Waals surface area contributed by atoms with Crippen LogP contribution in [-0.4, -0.2) is 24.1 Å². The highest BCUT2D eigenvalue weighted by molar-refractivity contribution is 5.88. The molecule has 0 atom stereocenters. The molecule has 4 heteroatoms. The summed E-state index contributed by atoms with van der Waals surface area (Å²) in [6, 6.07) is 4.28. The van der Waals surface area contributed by atoms with E-state index in [2.05, 4.69) is 15.0 Å². The highest BCUT2D eigenvalue weighted by Crippen LogP contribution is 2.45. The first-order chi connectivity index (χ1) is 8.78. The number of carbonyl (C=O) groups excluding carboxylic acids is 1. The third-order valence-corrected chi connectivity index (χ3v) is 3.75. The van der Waals surface area contributed by atoms with Crippen molar-refractivity contribution >= 4 is 11.7 Å². The topological polar surface area (TPSA) is 51.2 Å². The minimum atomic E-state index is -0.381. The maximum absolute atomic E-state index is 11.4. The lowest BCUT2D eigenvalue weighted by Crippen LogP contribution is -2.24. The van der Waals surface area contributed by atoms with Gasteiger partial charge in [-0.1, -0.05) is 0 Å². The molecule has 2 aliphatic rings. The Kier molecular flexibility index (Phi) is 2.94. The van der Waals surface area contributed by atoms with Gasteiger partial charge in [0.2, 0.25) is 0 Å². The lowest BCUT2D eigenvalue weighted by Gasteiger charge is -2.19. The van der Waals surface area contributed by atoms with Gasteiger partial charge in [-0.2, -0.15) is 0 Å². The van der Waals surface area contributed by atoms with E-state index in [0.29, 0.717) is 11.7 Å². The molecule has 0 saturated heterocycles. The molecule has 18 heavy (non-hydrogen) atoms. The van der Waals surface area contributed by atoms with E-state index in [1.165, 1.54) is 32.8 Å². The van der Waals surface area contributed by atoms with E-state index in [-0.39, 0.29) is 5.97 Å². The van der Waals surface area contributed by atoms with Gasteiger partial charge in [-0.25, -0.2) is 9.78 Å². The summed E-state index contributed by atoms with van der Waals surface area (Å²) in [6.45, 7) is 0. The van der Waals surface area contributed by atoms with E-state index in [9.17, 15) is 4.79 Å². The van der Waals surface area contributed by atoms with Gasteiger partial charge in [0.05, 0.1) is 7.11 Å². The Labute approximate surface area is 107 Å². The van der Waals surface area contributed by atoms with Gasteiger partial charge in [-0.15, -0.1) is 0 Å². The maximum atomic E-state index is 11.4. The molecule has 0 spiro atoms. The number of rotatable bonds is 5. The number of pyridine rings is 1. The van der Waals surface area contributed by atoms with Gasteiger partial charge < -0.3 is 10.1 Å². The fourth-order valence-electron chi connectivity index (χ4n) is 2.46. The summed E-state index contributed by atoms with van der Waals surface area (Å²) >= 11 is 0. The van der Waals surface area contributed by atoms with Gasteiger partial charge in [-0.05, 0) is 49.7 Å². The molecule has 4 nitrogen and oxygen atoms in total. The summed E-state index contributed by atoms with van der Waals surface area (Å²) in [5.41, 5.74) is 1.35.